The number of carbonyl (C=O) groups is 1. The summed E-state index contributed by atoms with van der Waals surface area (Å²) in [7, 11) is 0. The fourth-order valence-electron chi connectivity index (χ4n) is 0.919. The van der Waals surface area contributed by atoms with Gasteiger partial charge in [-0.2, -0.15) is 13.2 Å². The third-order valence-corrected chi connectivity index (χ3v) is 1.46. The van der Waals surface area contributed by atoms with E-state index in [9.17, 15) is 18.0 Å². The molecule has 1 heterocycles. The van der Waals surface area contributed by atoms with Crippen LogP contribution >= 0.6 is 0 Å². The van der Waals surface area contributed by atoms with Crippen LogP contribution < -0.4 is 0 Å². The predicted molar refractivity (Wildman–Crippen MR) is 39.4 cm³/mol. The van der Waals surface area contributed by atoms with Gasteiger partial charge in [-0.05, 0) is 11.6 Å². The molecule has 0 unspecified atom stereocenters. The summed E-state index contributed by atoms with van der Waals surface area (Å²) in [6, 6.07) is 1.19. The van der Waals surface area contributed by atoms with Crippen molar-refractivity contribution in [2.24, 2.45) is 0 Å². The maximum Gasteiger partial charge on any atom is 0.393 e. The quantitative estimate of drug-likeness (QED) is 0.666. The van der Waals surface area contributed by atoms with Gasteiger partial charge in [0.2, 0.25) is 0 Å². The molecule has 0 saturated heterocycles. The van der Waals surface area contributed by atoms with E-state index in [2.05, 4.69) is 4.98 Å². The Morgan fingerprint density at radius 2 is 2.15 bits per heavy atom. The van der Waals surface area contributed by atoms with E-state index < -0.39 is 12.6 Å². The van der Waals surface area contributed by atoms with Crippen molar-refractivity contribution in [3.63, 3.8) is 0 Å². The average molecular weight is 189 g/mol. The Balaban J connectivity index is 2.94. The number of aromatic nitrogens is 1. The molecule has 0 bridgehead atoms. The van der Waals surface area contributed by atoms with Gasteiger partial charge in [0.15, 0.2) is 6.29 Å². The highest BCUT2D eigenvalue weighted by Crippen LogP contribution is 2.22. The lowest BCUT2D eigenvalue weighted by atomic mass is 10.1. The average Bonchev–Trinajstić information content (AvgIpc) is 2.02. The number of hydrogen-bond donors (Lipinski definition) is 0. The van der Waals surface area contributed by atoms with Crippen molar-refractivity contribution >= 4 is 6.29 Å². The molecular weight excluding hydrogens is 183 g/mol. The Morgan fingerprint density at radius 1 is 1.46 bits per heavy atom. The summed E-state index contributed by atoms with van der Waals surface area (Å²) in [5.41, 5.74) is -0.0580. The second-order valence-electron chi connectivity index (χ2n) is 2.48. The SMILES string of the molecule is O=Cc1cnccc1CC(F)(F)F. The Hall–Kier alpha value is -1.39. The molecule has 1 rings (SSSR count). The highest BCUT2D eigenvalue weighted by atomic mass is 19.4. The number of nitrogens with zero attached hydrogens (tertiary/aromatic N) is 1. The van der Waals surface area contributed by atoms with E-state index in [1.807, 2.05) is 0 Å². The zero-order valence-electron chi connectivity index (χ0n) is 6.51. The topological polar surface area (TPSA) is 30.0 Å². The minimum atomic E-state index is -4.29. The molecule has 0 amide bonds. The largest absolute Gasteiger partial charge is 0.393 e. The number of hydrogen-bond acceptors (Lipinski definition) is 2. The van der Waals surface area contributed by atoms with E-state index in [0.29, 0.717) is 6.29 Å². The first-order chi connectivity index (χ1) is 6.03. The molecule has 1 aromatic rings. The molecular formula is C8H6F3NO. The lowest BCUT2D eigenvalue weighted by Crippen LogP contribution is -2.13. The highest BCUT2D eigenvalue weighted by molar-refractivity contribution is 5.76. The molecule has 0 N–H and O–H groups in total. The van der Waals surface area contributed by atoms with Crippen molar-refractivity contribution in [1.29, 1.82) is 0 Å². The van der Waals surface area contributed by atoms with Crippen molar-refractivity contribution in [1.82, 2.24) is 4.98 Å². The number of halogens is 3. The molecule has 0 spiro atoms. The van der Waals surface area contributed by atoms with Gasteiger partial charge in [0.05, 0.1) is 6.42 Å². The molecule has 0 aliphatic heterocycles. The predicted octanol–water partition coefficient (Wildman–Crippen LogP) is 2.00. The van der Waals surface area contributed by atoms with Crippen LogP contribution in [0.1, 0.15) is 15.9 Å². The minimum absolute atomic E-state index is 0.0141. The molecule has 0 fully saturated rings. The Morgan fingerprint density at radius 3 is 2.69 bits per heavy atom. The van der Waals surface area contributed by atoms with Crippen molar-refractivity contribution in [3.05, 3.63) is 29.6 Å². The van der Waals surface area contributed by atoms with Gasteiger partial charge < -0.3 is 0 Å². The van der Waals surface area contributed by atoms with Crippen molar-refractivity contribution < 1.29 is 18.0 Å². The molecule has 5 heteroatoms. The summed E-state index contributed by atoms with van der Waals surface area (Å²) in [5, 5.41) is 0. The van der Waals surface area contributed by atoms with Crippen LogP contribution in [0.5, 0.6) is 0 Å². The van der Waals surface area contributed by atoms with Crippen LogP contribution in [0.3, 0.4) is 0 Å². The van der Waals surface area contributed by atoms with E-state index in [1.165, 1.54) is 12.3 Å². The summed E-state index contributed by atoms with van der Waals surface area (Å²) in [6.07, 6.45) is -2.67. The van der Waals surface area contributed by atoms with Gasteiger partial charge in [0.25, 0.3) is 0 Å². The first-order valence-corrected chi connectivity index (χ1v) is 3.48. The minimum Gasteiger partial charge on any atom is -0.298 e. The van der Waals surface area contributed by atoms with Gasteiger partial charge in [-0.25, -0.2) is 0 Å². The van der Waals surface area contributed by atoms with Crippen LogP contribution in [0, 0.1) is 0 Å². The summed E-state index contributed by atoms with van der Waals surface area (Å²) in [5.74, 6) is 0. The number of pyridine rings is 1. The normalized spacial score (nSPS) is 11.3. The second kappa shape index (κ2) is 3.55. The van der Waals surface area contributed by atoms with Gasteiger partial charge in [-0.3, -0.25) is 9.78 Å². The molecule has 70 valence electrons. The van der Waals surface area contributed by atoms with Crippen molar-refractivity contribution in [3.8, 4) is 0 Å². The zero-order valence-corrected chi connectivity index (χ0v) is 6.51. The Bertz CT molecular complexity index is 309. The van der Waals surface area contributed by atoms with Gasteiger partial charge >= 0.3 is 6.18 Å². The molecule has 0 aliphatic carbocycles. The van der Waals surface area contributed by atoms with Crippen LogP contribution in [-0.2, 0) is 6.42 Å². The van der Waals surface area contributed by atoms with E-state index in [1.54, 1.807) is 0 Å². The van der Waals surface area contributed by atoms with Crippen LogP contribution in [0.4, 0.5) is 13.2 Å². The maximum atomic E-state index is 11.9. The molecule has 0 atom stereocenters. The van der Waals surface area contributed by atoms with Crippen molar-refractivity contribution in [2.75, 3.05) is 0 Å². The standard InChI is InChI=1S/C8H6F3NO/c9-8(10,11)3-6-1-2-12-4-7(6)5-13/h1-2,4-5H,3H2. The van der Waals surface area contributed by atoms with Crippen LogP contribution in [0.2, 0.25) is 0 Å². The second-order valence-corrected chi connectivity index (χ2v) is 2.48. The van der Waals surface area contributed by atoms with Crippen LogP contribution in [0.15, 0.2) is 18.5 Å². The molecule has 1 aromatic heterocycles. The summed E-state index contributed by atoms with van der Waals surface area (Å²) in [6.45, 7) is 0. The molecule has 0 radical (unpaired) electrons. The van der Waals surface area contributed by atoms with E-state index in [0.717, 1.165) is 6.20 Å². The molecule has 2 nitrogen and oxygen atoms in total. The third-order valence-electron chi connectivity index (χ3n) is 1.46. The first kappa shape index (κ1) is 9.70. The van der Waals surface area contributed by atoms with Gasteiger partial charge in [0.1, 0.15) is 0 Å². The summed E-state index contributed by atoms with van der Waals surface area (Å²) >= 11 is 0. The number of rotatable bonds is 2. The summed E-state index contributed by atoms with van der Waals surface area (Å²) < 4.78 is 35.8. The van der Waals surface area contributed by atoms with Gasteiger partial charge in [-0.1, -0.05) is 0 Å². The van der Waals surface area contributed by atoms with Crippen LogP contribution in [-0.4, -0.2) is 17.4 Å². The van der Waals surface area contributed by atoms with E-state index >= 15 is 0 Å². The fraction of sp³-hybridized carbons (Fsp3) is 0.250. The molecule has 0 aromatic carbocycles. The maximum absolute atomic E-state index is 11.9. The number of alkyl halides is 3. The van der Waals surface area contributed by atoms with Gasteiger partial charge in [0, 0.05) is 18.0 Å². The first-order valence-electron chi connectivity index (χ1n) is 3.48. The van der Waals surface area contributed by atoms with E-state index in [4.69, 9.17) is 0 Å². The van der Waals surface area contributed by atoms with Crippen LogP contribution in [0.25, 0.3) is 0 Å². The van der Waals surface area contributed by atoms with Crippen molar-refractivity contribution in [2.45, 2.75) is 12.6 Å². The molecule has 0 saturated carbocycles. The van der Waals surface area contributed by atoms with Gasteiger partial charge in [-0.15, -0.1) is 0 Å². The summed E-state index contributed by atoms with van der Waals surface area (Å²) in [4.78, 5) is 13.9. The lowest BCUT2D eigenvalue weighted by molar-refractivity contribution is -0.127. The third kappa shape index (κ3) is 2.85. The Labute approximate surface area is 72.4 Å². The smallest absolute Gasteiger partial charge is 0.298 e. The molecule has 13 heavy (non-hydrogen) atoms. The lowest BCUT2D eigenvalue weighted by Gasteiger charge is -2.07. The molecule has 0 aliphatic rings. The number of aldehydes is 1. The Kier molecular flexibility index (Phi) is 2.65. The highest BCUT2D eigenvalue weighted by Gasteiger charge is 2.28. The monoisotopic (exact) mass is 189 g/mol. The van der Waals surface area contributed by atoms with E-state index in [-0.39, 0.29) is 11.1 Å². The number of carbonyl (C=O) groups excluding carboxylic acids is 1. The zero-order chi connectivity index (χ0) is 9.90. The fourth-order valence-corrected chi connectivity index (χ4v) is 0.919.